The highest BCUT2D eigenvalue weighted by atomic mass is 16.5. The number of carbonyl (C=O) groups excluding carboxylic acids is 1. The molecule has 1 aromatic heterocycles. The zero-order chi connectivity index (χ0) is 21.1. The third-order valence-electron chi connectivity index (χ3n) is 7.23. The molecule has 166 valence electrons. The van der Waals surface area contributed by atoms with E-state index in [0.717, 1.165) is 69.5 Å². The molecule has 30 heavy (non-hydrogen) atoms. The number of rotatable bonds is 7. The molecule has 3 heterocycles. The van der Waals surface area contributed by atoms with Crippen LogP contribution >= 0.6 is 0 Å². The van der Waals surface area contributed by atoms with Crippen LogP contribution < -0.4 is 9.64 Å². The first-order chi connectivity index (χ1) is 14.4. The Labute approximate surface area is 180 Å². The molecular weight excluding hydrogens is 378 g/mol. The van der Waals surface area contributed by atoms with Gasteiger partial charge in [-0.05, 0) is 57.6 Å². The van der Waals surface area contributed by atoms with Crippen LogP contribution in [-0.4, -0.2) is 65.7 Å². The number of carbonyl (C=O) groups is 1. The molecule has 6 nitrogen and oxygen atoms in total. The SMILES string of the molecule is CC(C)(O)C(=O)CC1CCC(CCN2CCN(c3nccc4c3OCC4)CC2)CC1. The van der Waals surface area contributed by atoms with Crippen molar-refractivity contribution < 1.29 is 14.6 Å². The largest absolute Gasteiger partial charge is 0.489 e. The van der Waals surface area contributed by atoms with Crippen molar-refractivity contribution in [1.82, 2.24) is 9.88 Å². The zero-order valence-corrected chi connectivity index (χ0v) is 18.6. The van der Waals surface area contributed by atoms with Crippen LogP contribution in [0.25, 0.3) is 0 Å². The molecule has 0 amide bonds. The van der Waals surface area contributed by atoms with E-state index in [1.54, 1.807) is 13.8 Å². The summed E-state index contributed by atoms with van der Waals surface area (Å²) in [7, 11) is 0. The van der Waals surface area contributed by atoms with E-state index in [0.29, 0.717) is 12.3 Å². The van der Waals surface area contributed by atoms with Gasteiger partial charge in [-0.2, -0.15) is 0 Å². The minimum atomic E-state index is -1.18. The number of hydrogen-bond acceptors (Lipinski definition) is 6. The van der Waals surface area contributed by atoms with Gasteiger partial charge in [-0.15, -0.1) is 0 Å². The molecule has 0 aromatic carbocycles. The third-order valence-corrected chi connectivity index (χ3v) is 7.23. The van der Waals surface area contributed by atoms with Gasteiger partial charge in [0.05, 0.1) is 6.61 Å². The number of anilines is 1. The quantitative estimate of drug-likeness (QED) is 0.738. The van der Waals surface area contributed by atoms with Gasteiger partial charge in [-0.25, -0.2) is 4.98 Å². The van der Waals surface area contributed by atoms with Crippen molar-refractivity contribution in [3.05, 3.63) is 17.8 Å². The summed E-state index contributed by atoms with van der Waals surface area (Å²) in [6.45, 7) is 9.35. The smallest absolute Gasteiger partial charge is 0.171 e. The number of fused-ring (bicyclic) bond motifs is 1. The van der Waals surface area contributed by atoms with Gasteiger partial charge in [0.15, 0.2) is 17.4 Å². The van der Waals surface area contributed by atoms with Gasteiger partial charge < -0.3 is 14.7 Å². The highest BCUT2D eigenvalue weighted by Gasteiger charge is 2.30. The van der Waals surface area contributed by atoms with Crippen molar-refractivity contribution >= 4 is 11.6 Å². The van der Waals surface area contributed by atoms with Crippen molar-refractivity contribution in [1.29, 1.82) is 0 Å². The van der Waals surface area contributed by atoms with Crippen molar-refractivity contribution in [2.45, 2.75) is 64.4 Å². The lowest BCUT2D eigenvalue weighted by Gasteiger charge is -2.37. The standard InChI is InChI=1S/C24H37N3O3/c1-24(2,29)21(28)17-19-5-3-18(4-6-19)8-11-26-12-14-27(15-13-26)23-22-20(7-10-25-23)9-16-30-22/h7,10,18-19,29H,3-6,8-9,11-17H2,1-2H3. The number of aromatic nitrogens is 1. The number of nitrogens with zero attached hydrogens (tertiary/aromatic N) is 3. The molecule has 0 radical (unpaired) electrons. The topological polar surface area (TPSA) is 65.9 Å². The maximum Gasteiger partial charge on any atom is 0.171 e. The number of ether oxygens (including phenoxy) is 1. The molecular formula is C24H37N3O3. The molecule has 3 aliphatic rings. The Bertz CT molecular complexity index is 730. The number of aliphatic hydroxyl groups is 1. The molecule has 1 aliphatic carbocycles. The Hall–Kier alpha value is -1.66. The molecule has 0 spiro atoms. The van der Waals surface area contributed by atoms with Gasteiger partial charge in [0, 0.05) is 50.8 Å². The van der Waals surface area contributed by atoms with E-state index in [1.807, 2.05) is 6.20 Å². The van der Waals surface area contributed by atoms with E-state index in [4.69, 9.17) is 4.74 Å². The van der Waals surface area contributed by atoms with Crippen LogP contribution in [0.3, 0.4) is 0 Å². The molecule has 1 N–H and O–H groups in total. The van der Waals surface area contributed by atoms with Crippen LogP contribution in [0.5, 0.6) is 5.75 Å². The molecule has 0 unspecified atom stereocenters. The highest BCUT2D eigenvalue weighted by Crippen LogP contribution is 2.35. The second-order valence-electron chi connectivity index (χ2n) is 9.91. The zero-order valence-electron chi connectivity index (χ0n) is 18.6. The summed E-state index contributed by atoms with van der Waals surface area (Å²) in [6, 6.07) is 2.08. The first kappa shape index (κ1) is 21.6. The van der Waals surface area contributed by atoms with Crippen LogP contribution in [0.4, 0.5) is 5.82 Å². The van der Waals surface area contributed by atoms with Gasteiger partial charge in [-0.3, -0.25) is 9.69 Å². The molecule has 6 heteroatoms. The Morgan fingerprint density at radius 1 is 1.17 bits per heavy atom. The third kappa shape index (κ3) is 5.14. The maximum atomic E-state index is 12.1. The fourth-order valence-corrected chi connectivity index (χ4v) is 5.10. The predicted octanol–water partition coefficient (Wildman–Crippen LogP) is 3.07. The van der Waals surface area contributed by atoms with Crippen molar-refractivity contribution in [3.63, 3.8) is 0 Å². The molecule has 2 fully saturated rings. The number of Topliss-reactive ketones (excluding diaryl/α,β-unsaturated/α-hetero) is 1. The van der Waals surface area contributed by atoms with E-state index in [1.165, 1.54) is 31.4 Å². The predicted molar refractivity (Wildman–Crippen MR) is 118 cm³/mol. The summed E-state index contributed by atoms with van der Waals surface area (Å²) in [6.07, 6.45) is 9.42. The number of pyridine rings is 1. The van der Waals surface area contributed by atoms with Crippen LogP contribution in [0.1, 0.15) is 57.9 Å². The van der Waals surface area contributed by atoms with Gasteiger partial charge >= 0.3 is 0 Å². The molecule has 1 aromatic rings. The Morgan fingerprint density at radius 3 is 2.57 bits per heavy atom. The summed E-state index contributed by atoms with van der Waals surface area (Å²) in [4.78, 5) is 21.6. The molecule has 0 bridgehead atoms. The van der Waals surface area contributed by atoms with Crippen molar-refractivity contribution in [2.24, 2.45) is 11.8 Å². The second-order valence-corrected chi connectivity index (χ2v) is 9.91. The molecule has 1 saturated heterocycles. The normalized spacial score (nSPS) is 25.1. The Kier molecular flexibility index (Phi) is 6.63. The average Bonchev–Trinajstić information content (AvgIpc) is 3.22. The number of ketones is 1. The summed E-state index contributed by atoms with van der Waals surface area (Å²) in [5.74, 6) is 3.28. The molecule has 1 saturated carbocycles. The van der Waals surface area contributed by atoms with Crippen LogP contribution in [-0.2, 0) is 11.2 Å². The number of hydrogen-bond donors (Lipinski definition) is 1. The van der Waals surface area contributed by atoms with E-state index < -0.39 is 5.60 Å². The van der Waals surface area contributed by atoms with Gasteiger partial charge in [0.2, 0.25) is 0 Å². The van der Waals surface area contributed by atoms with E-state index in [9.17, 15) is 9.90 Å². The van der Waals surface area contributed by atoms with Crippen LogP contribution in [0.2, 0.25) is 0 Å². The fraction of sp³-hybridized carbons (Fsp3) is 0.750. The van der Waals surface area contributed by atoms with Crippen molar-refractivity contribution in [2.75, 3.05) is 44.2 Å². The second kappa shape index (κ2) is 9.23. The van der Waals surface area contributed by atoms with Gasteiger partial charge in [-0.1, -0.05) is 12.8 Å². The Balaban J connectivity index is 1.17. The first-order valence-corrected chi connectivity index (χ1v) is 11.7. The molecule has 0 atom stereocenters. The van der Waals surface area contributed by atoms with Crippen LogP contribution in [0.15, 0.2) is 12.3 Å². The summed E-state index contributed by atoms with van der Waals surface area (Å²) < 4.78 is 5.83. The summed E-state index contributed by atoms with van der Waals surface area (Å²) >= 11 is 0. The Morgan fingerprint density at radius 2 is 1.87 bits per heavy atom. The minimum Gasteiger partial charge on any atom is -0.489 e. The van der Waals surface area contributed by atoms with E-state index in [-0.39, 0.29) is 5.78 Å². The van der Waals surface area contributed by atoms with Gasteiger partial charge in [0.25, 0.3) is 0 Å². The molecule has 2 aliphatic heterocycles. The van der Waals surface area contributed by atoms with E-state index in [2.05, 4.69) is 20.9 Å². The lowest BCUT2D eigenvalue weighted by molar-refractivity contribution is -0.135. The average molecular weight is 416 g/mol. The number of piperazine rings is 1. The summed E-state index contributed by atoms with van der Waals surface area (Å²) in [5, 5.41) is 9.87. The monoisotopic (exact) mass is 415 g/mol. The van der Waals surface area contributed by atoms with Gasteiger partial charge in [0.1, 0.15) is 5.60 Å². The minimum absolute atomic E-state index is 0.00669. The lowest BCUT2D eigenvalue weighted by atomic mass is 9.77. The lowest BCUT2D eigenvalue weighted by Crippen LogP contribution is -2.47. The summed E-state index contributed by atoms with van der Waals surface area (Å²) in [5.41, 5.74) is 0.114. The highest BCUT2D eigenvalue weighted by molar-refractivity contribution is 5.86. The fourth-order valence-electron chi connectivity index (χ4n) is 5.10. The first-order valence-electron chi connectivity index (χ1n) is 11.7. The molecule has 4 rings (SSSR count). The van der Waals surface area contributed by atoms with Crippen molar-refractivity contribution in [3.8, 4) is 5.75 Å². The maximum absolute atomic E-state index is 12.1. The van der Waals surface area contributed by atoms with E-state index >= 15 is 0 Å². The van der Waals surface area contributed by atoms with Crippen LogP contribution in [0, 0.1) is 11.8 Å².